The first kappa shape index (κ1) is 30.2. The van der Waals surface area contributed by atoms with E-state index in [2.05, 4.69) is 10.4 Å². The number of aromatic nitrogens is 2. The molecular weight excluding hydrogens is 578 g/mol. The summed E-state index contributed by atoms with van der Waals surface area (Å²) in [5, 5.41) is 7.95. The molecule has 1 atom stereocenters. The van der Waals surface area contributed by atoms with Gasteiger partial charge in [0.1, 0.15) is 23.9 Å². The zero-order valence-corrected chi connectivity index (χ0v) is 24.3. The van der Waals surface area contributed by atoms with Crippen molar-refractivity contribution in [3.63, 3.8) is 0 Å². The molecule has 11 heteroatoms. The molecule has 1 fully saturated rings. The van der Waals surface area contributed by atoms with Crippen LogP contribution in [-0.4, -0.2) is 52.9 Å². The first-order valence-electron chi connectivity index (χ1n) is 14.0. The third-order valence-electron chi connectivity index (χ3n) is 7.05. The maximum atomic E-state index is 14.3. The highest BCUT2D eigenvalue weighted by atomic mass is 35.5. The molecular formula is C32H31ClF2N4O4. The van der Waals surface area contributed by atoms with E-state index in [0.29, 0.717) is 61.5 Å². The van der Waals surface area contributed by atoms with E-state index in [1.165, 1.54) is 28.9 Å². The molecule has 0 radical (unpaired) electrons. The molecule has 1 aromatic heterocycles. The first-order valence-corrected chi connectivity index (χ1v) is 14.4. The molecule has 1 aliphatic heterocycles. The van der Waals surface area contributed by atoms with Gasteiger partial charge >= 0.3 is 5.97 Å². The Kier molecular flexibility index (Phi) is 9.68. The number of rotatable bonds is 12. The number of esters is 1. The Morgan fingerprint density at radius 1 is 1.12 bits per heavy atom. The Balaban J connectivity index is 1.31. The molecule has 1 amide bonds. The number of benzene rings is 3. The quantitative estimate of drug-likeness (QED) is 0.150. The Morgan fingerprint density at radius 3 is 2.60 bits per heavy atom. The fourth-order valence-corrected chi connectivity index (χ4v) is 4.97. The summed E-state index contributed by atoms with van der Waals surface area (Å²) in [7, 11) is 0. The van der Waals surface area contributed by atoms with Crippen LogP contribution in [0.4, 0.5) is 14.5 Å². The molecule has 8 nitrogen and oxygen atoms in total. The zero-order valence-electron chi connectivity index (χ0n) is 23.6. The van der Waals surface area contributed by atoms with E-state index in [9.17, 15) is 18.4 Å². The molecule has 0 aliphatic carbocycles. The summed E-state index contributed by atoms with van der Waals surface area (Å²) in [4.78, 5) is 26.1. The number of carbonyl (C=O) groups is 2. The minimum absolute atomic E-state index is 0.0106. The van der Waals surface area contributed by atoms with Crippen molar-refractivity contribution in [2.24, 2.45) is 0 Å². The van der Waals surface area contributed by atoms with Crippen molar-refractivity contribution in [2.75, 3.05) is 31.6 Å². The lowest BCUT2D eigenvalue weighted by atomic mass is 10.1. The van der Waals surface area contributed by atoms with Crippen LogP contribution in [0, 0.1) is 11.6 Å². The van der Waals surface area contributed by atoms with Crippen molar-refractivity contribution in [1.82, 2.24) is 14.7 Å². The van der Waals surface area contributed by atoms with E-state index in [-0.39, 0.29) is 23.5 Å². The van der Waals surface area contributed by atoms with Crippen LogP contribution in [-0.2, 0) is 25.5 Å². The largest absolute Gasteiger partial charge is 0.466 e. The summed E-state index contributed by atoms with van der Waals surface area (Å²) in [5.41, 5.74) is 4.09. The molecule has 1 unspecified atom stereocenters. The summed E-state index contributed by atoms with van der Waals surface area (Å²) in [6.45, 7) is 3.11. The number of carbonyl (C=O) groups excluding carboxylic acids is 2. The Bertz CT molecular complexity index is 1580. The smallest absolute Gasteiger partial charge is 0.305 e. The van der Waals surface area contributed by atoms with Gasteiger partial charge in [0.25, 0.3) is 5.91 Å². The van der Waals surface area contributed by atoms with Crippen LogP contribution in [0.25, 0.3) is 16.9 Å². The van der Waals surface area contributed by atoms with Gasteiger partial charge in [-0.15, -0.1) is 0 Å². The molecule has 0 spiro atoms. The fourth-order valence-electron chi connectivity index (χ4n) is 4.85. The van der Waals surface area contributed by atoms with Crippen molar-refractivity contribution < 1.29 is 27.8 Å². The van der Waals surface area contributed by atoms with Gasteiger partial charge in [-0.1, -0.05) is 23.7 Å². The SMILES string of the molecule is CCOC(=O)CCCNc1ccc(CCN2C(=O)COC2c2cn(-c3ccc(Cl)c(F)c3)nc2-c2ccc(F)cc2)cc1. The van der Waals surface area contributed by atoms with Gasteiger partial charge in [-0.25, -0.2) is 13.5 Å². The number of nitrogens with one attached hydrogen (secondary N) is 1. The predicted molar refractivity (Wildman–Crippen MR) is 159 cm³/mol. The van der Waals surface area contributed by atoms with Gasteiger partial charge in [0.05, 0.1) is 17.3 Å². The average molecular weight is 609 g/mol. The predicted octanol–water partition coefficient (Wildman–Crippen LogP) is 6.33. The summed E-state index contributed by atoms with van der Waals surface area (Å²) in [5.74, 6) is -1.35. The molecule has 3 aromatic carbocycles. The molecule has 1 N–H and O–H groups in total. The average Bonchev–Trinajstić information content (AvgIpc) is 3.60. The molecule has 4 aromatic rings. The maximum Gasteiger partial charge on any atom is 0.305 e. The van der Waals surface area contributed by atoms with Crippen molar-refractivity contribution in [2.45, 2.75) is 32.4 Å². The van der Waals surface area contributed by atoms with Gasteiger partial charge in [-0.05, 0) is 73.9 Å². The van der Waals surface area contributed by atoms with E-state index >= 15 is 0 Å². The monoisotopic (exact) mass is 608 g/mol. The van der Waals surface area contributed by atoms with Gasteiger partial charge < -0.3 is 19.7 Å². The van der Waals surface area contributed by atoms with Crippen LogP contribution < -0.4 is 5.32 Å². The van der Waals surface area contributed by atoms with Gasteiger partial charge in [0.15, 0.2) is 6.23 Å². The molecule has 43 heavy (non-hydrogen) atoms. The number of nitrogens with zero attached hydrogens (tertiary/aromatic N) is 3. The number of ether oxygens (including phenoxy) is 2. The second kappa shape index (κ2) is 13.8. The minimum atomic E-state index is -0.737. The fraction of sp³-hybridized carbons (Fsp3) is 0.281. The summed E-state index contributed by atoms with van der Waals surface area (Å²) in [6, 6.07) is 18.1. The molecule has 1 aliphatic rings. The highest BCUT2D eigenvalue weighted by molar-refractivity contribution is 6.30. The molecule has 0 bridgehead atoms. The van der Waals surface area contributed by atoms with E-state index < -0.39 is 17.9 Å². The Hall–Kier alpha value is -4.28. The van der Waals surface area contributed by atoms with E-state index in [1.807, 2.05) is 24.3 Å². The normalized spacial score (nSPS) is 14.7. The van der Waals surface area contributed by atoms with Crippen molar-refractivity contribution in [1.29, 1.82) is 0 Å². The number of halogens is 3. The van der Waals surface area contributed by atoms with E-state index in [4.69, 9.17) is 21.1 Å². The van der Waals surface area contributed by atoms with E-state index in [1.54, 1.807) is 36.2 Å². The van der Waals surface area contributed by atoms with Gasteiger partial charge in [-0.2, -0.15) is 5.10 Å². The van der Waals surface area contributed by atoms with Crippen LogP contribution in [0.5, 0.6) is 0 Å². The van der Waals surface area contributed by atoms with E-state index in [0.717, 1.165) is 11.3 Å². The number of hydrogen-bond acceptors (Lipinski definition) is 6. The standard InChI is InChI=1S/C32H31ClF2N4O4/c1-2-42-30(41)4-3-16-36-24-11-5-21(6-12-24)15-17-38-29(40)20-43-32(38)26-19-39(25-13-14-27(33)28(35)18-25)37-31(26)22-7-9-23(34)10-8-22/h5-14,18-19,32,36H,2-4,15-17,20H2,1H3. The van der Waals surface area contributed by atoms with Crippen LogP contribution in [0.3, 0.4) is 0 Å². The number of amides is 1. The van der Waals surface area contributed by atoms with Gasteiger partial charge in [0, 0.05) is 48.6 Å². The van der Waals surface area contributed by atoms with Crippen molar-refractivity contribution in [3.05, 3.63) is 101 Å². The molecule has 0 saturated carbocycles. The molecule has 224 valence electrons. The lowest BCUT2D eigenvalue weighted by Crippen LogP contribution is -2.30. The Morgan fingerprint density at radius 2 is 1.88 bits per heavy atom. The van der Waals surface area contributed by atoms with Crippen LogP contribution >= 0.6 is 11.6 Å². The van der Waals surface area contributed by atoms with Crippen LogP contribution in [0.15, 0.2) is 72.9 Å². The van der Waals surface area contributed by atoms with Gasteiger partial charge in [0.2, 0.25) is 0 Å². The lowest BCUT2D eigenvalue weighted by Gasteiger charge is -2.23. The van der Waals surface area contributed by atoms with Crippen LogP contribution in [0.1, 0.15) is 37.1 Å². The first-order chi connectivity index (χ1) is 20.8. The highest BCUT2D eigenvalue weighted by Gasteiger charge is 2.36. The molecule has 5 rings (SSSR count). The lowest BCUT2D eigenvalue weighted by molar-refractivity contribution is -0.143. The number of anilines is 1. The number of hydrogen-bond donors (Lipinski definition) is 1. The van der Waals surface area contributed by atoms with Crippen LogP contribution in [0.2, 0.25) is 5.02 Å². The second-order valence-corrected chi connectivity index (χ2v) is 10.4. The molecule has 1 saturated heterocycles. The second-order valence-electron chi connectivity index (χ2n) is 10.0. The summed E-state index contributed by atoms with van der Waals surface area (Å²) < 4.78 is 40.4. The molecule has 2 heterocycles. The summed E-state index contributed by atoms with van der Waals surface area (Å²) in [6.07, 6.45) is 2.57. The van der Waals surface area contributed by atoms with Gasteiger partial charge in [-0.3, -0.25) is 9.59 Å². The zero-order chi connectivity index (χ0) is 30.3. The highest BCUT2D eigenvalue weighted by Crippen LogP contribution is 2.35. The topological polar surface area (TPSA) is 85.7 Å². The third kappa shape index (κ3) is 7.39. The summed E-state index contributed by atoms with van der Waals surface area (Å²) >= 11 is 5.87. The maximum absolute atomic E-state index is 14.3. The van der Waals surface area contributed by atoms with Crippen molar-refractivity contribution in [3.8, 4) is 16.9 Å². The Labute approximate surface area is 253 Å². The van der Waals surface area contributed by atoms with Crippen molar-refractivity contribution >= 4 is 29.2 Å². The third-order valence-corrected chi connectivity index (χ3v) is 7.36. The minimum Gasteiger partial charge on any atom is -0.466 e.